The molecule has 0 radical (unpaired) electrons. The Hall–Kier alpha value is 0.310. The van der Waals surface area contributed by atoms with Gasteiger partial charge in [-0.25, -0.2) is 0 Å². The van der Waals surface area contributed by atoms with Gasteiger partial charge in [-0.2, -0.15) is 0 Å². The van der Waals surface area contributed by atoms with Crippen LogP contribution in [0, 0.1) is 0 Å². The molecule has 0 aliphatic heterocycles. The van der Waals surface area contributed by atoms with Crippen LogP contribution in [0.4, 0.5) is 0 Å². The molecule has 0 aromatic carbocycles. The first kappa shape index (κ1) is 12.9. The summed E-state index contributed by atoms with van der Waals surface area (Å²) in [4.78, 5) is 26.5. The molecule has 4 heteroatoms. The second kappa shape index (κ2) is 4.24. The molecule has 0 aliphatic carbocycles. The molecule has 0 saturated heterocycles. The minimum absolute atomic E-state index is 0.0576. The SMILES string of the molecule is CC.CCP(O)(O)(O)CC. The van der Waals surface area contributed by atoms with E-state index in [1.807, 2.05) is 13.8 Å². The maximum absolute atomic E-state index is 8.84. The van der Waals surface area contributed by atoms with Gasteiger partial charge < -0.3 is 0 Å². The number of hydrogen-bond acceptors (Lipinski definition) is 3. The summed E-state index contributed by atoms with van der Waals surface area (Å²) in [5, 5.41) is 0. The Morgan fingerprint density at radius 1 is 0.900 bits per heavy atom. The van der Waals surface area contributed by atoms with Crippen molar-refractivity contribution in [3.8, 4) is 0 Å². The van der Waals surface area contributed by atoms with Crippen LogP contribution in [-0.2, 0) is 0 Å². The molecule has 0 atom stereocenters. The van der Waals surface area contributed by atoms with E-state index in [0.717, 1.165) is 0 Å². The van der Waals surface area contributed by atoms with Gasteiger partial charge in [0.2, 0.25) is 0 Å². The molecule has 66 valence electrons. The van der Waals surface area contributed by atoms with E-state index in [9.17, 15) is 0 Å². The Morgan fingerprint density at radius 2 is 1.10 bits per heavy atom. The summed E-state index contributed by atoms with van der Waals surface area (Å²) in [6, 6.07) is 0. The van der Waals surface area contributed by atoms with Crippen molar-refractivity contribution in [3.63, 3.8) is 0 Å². The molecule has 0 fully saturated rings. The Balaban J connectivity index is 0. The van der Waals surface area contributed by atoms with Crippen molar-refractivity contribution in [2.75, 3.05) is 12.3 Å². The average molecular weight is 170 g/mol. The number of hydrogen-bond donors (Lipinski definition) is 3. The number of rotatable bonds is 2. The van der Waals surface area contributed by atoms with Crippen LogP contribution in [0.1, 0.15) is 27.7 Å². The Labute approximate surface area is 62.9 Å². The molecule has 0 spiro atoms. The summed E-state index contributed by atoms with van der Waals surface area (Å²) in [5.41, 5.74) is 0. The fourth-order valence-corrected chi connectivity index (χ4v) is 0.671. The van der Waals surface area contributed by atoms with E-state index in [1.165, 1.54) is 0 Å². The van der Waals surface area contributed by atoms with Crippen molar-refractivity contribution in [2.24, 2.45) is 0 Å². The molecule has 0 unspecified atom stereocenters. The van der Waals surface area contributed by atoms with Crippen molar-refractivity contribution in [1.82, 2.24) is 0 Å². The molecular weight excluding hydrogens is 151 g/mol. The van der Waals surface area contributed by atoms with Crippen LogP contribution in [0.3, 0.4) is 0 Å². The zero-order valence-electron chi connectivity index (χ0n) is 7.20. The molecule has 0 rings (SSSR count). The zero-order chi connectivity index (χ0) is 8.86. The van der Waals surface area contributed by atoms with Crippen molar-refractivity contribution in [2.45, 2.75) is 27.7 Å². The normalized spacial score (nSPS) is 14.5. The van der Waals surface area contributed by atoms with Gasteiger partial charge in [0, 0.05) is 0 Å². The molecule has 0 aliphatic rings. The topological polar surface area (TPSA) is 60.7 Å². The summed E-state index contributed by atoms with van der Waals surface area (Å²) in [6.07, 6.45) is 0.115. The van der Waals surface area contributed by atoms with E-state index in [0.29, 0.717) is 0 Å². The quantitative estimate of drug-likeness (QED) is 0.548. The summed E-state index contributed by atoms with van der Waals surface area (Å²) >= 11 is 0. The van der Waals surface area contributed by atoms with E-state index in [4.69, 9.17) is 14.7 Å². The third kappa shape index (κ3) is 6.43. The van der Waals surface area contributed by atoms with Gasteiger partial charge in [0.15, 0.2) is 0 Å². The van der Waals surface area contributed by atoms with Gasteiger partial charge in [0.05, 0.1) is 0 Å². The summed E-state index contributed by atoms with van der Waals surface area (Å²) in [5.74, 6) is 0. The molecule has 0 heterocycles. The Bertz CT molecular complexity index is 76.7. The second-order valence-corrected chi connectivity index (χ2v) is 5.92. The van der Waals surface area contributed by atoms with E-state index in [2.05, 4.69) is 0 Å². The van der Waals surface area contributed by atoms with Crippen molar-refractivity contribution >= 4 is 7.28 Å². The molecule has 3 nitrogen and oxygen atoms in total. The van der Waals surface area contributed by atoms with E-state index in [1.54, 1.807) is 13.8 Å². The van der Waals surface area contributed by atoms with Crippen LogP contribution in [0.15, 0.2) is 0 Å². The zero-order valence-corrected chi connectivity index (χ0v) is 8.10. The van der Waals surface area contributed by atoms with Crippen molar-refractivity contribution in [3.05, 3.63) is 0 Å². The fourth-order valence-electron chi connectivity index (χ4n) is 0.224. The van der Waals surface area contributed by atoms with Crippen molar-refractivity contribution in [1.29, 1.82) is 0 Å². The Kier molecular flexibility index (Phi) is 5.49. The van der Waals surface area contributed by atoms with Gasteiger partial charge in [-0.3, -0.25) is 0 Å². The molecule has 0 aromatic heterocycles. The van der Waals surface area contributed by atoms with Crippen LogP contribution >= 0.6 is 7.28 Å². The molecule has 0 bridgehead atoms. The standard InChI is InChI=1S/C4H13O3P.C2H6/c1-3-8(5,6,7)4-2;1-2/h5-7H,3-4H2,1-2H3;1-2H3. The minimum atomic E-state index is -4.10. The summed E-state index contributed by atoms with van der Waals surface area (Å²) in [6.45, 7) is 7.11. The molecular formula is C6H19O3P. The first-order chi connectivity index (χ1) is 4.39. The van der Waals surface area contributed by atoms with Gasteiger partial charge in [-0.15, -0.1) is 0 Å². The van der Waals surface area contributed by atoms with E-state index in [-0.39, 0.29) is 12.3 Å². The monoisotopic (exact) mass is 170 g/mol. The Morgan fingerprint density at radius 3 is 1.10 bits per heavy atom. The van der Waals surface area contributed by atoms with E-state index >= 15 is 0 Å². The third-order valence-electron chi connectivity index (χ3n) is 1.30. The van der Waals surface area contributed by atoms with E-state index < -0.39 is 7.28 Å². The van der Waals surface area contributed by atoms with Crippen LogP contribution < -0.4 is 0 Å². The summed E-state index contributed by atoms with van der Waals surface area (Å²) in [7, 11) is -4.10. The molecule has 0 saturated carbocycles. The van der Waals surface area contributed by atoms with Crippen LogP contribution in [0.2, 0.25) is 0 Å². The molecule has 0 aromatic rings. The second-order valence-electron chi connectivity index (χ2n) is 1.97. The molecule has 3 N–H and O–H groups in total. The van der Waals surface area contributed by atoms with Gasteiger partial charge in [0.25, 0.3) is 0 Å². The third-order valence-corrected chi connectivity index (χ3v) is 3.89. The van der Waals surface area contributed by atoms with Crippen molar-refractivity contribution < 1.29 is 14.7 Å². The first-order valence-corrected chi connectivity index (χ1v) is 6.11. The molecule has 0 amide bonds. The molecule has 10 heavy (non-hydrogen) atoms. The maximum atomic E-state index is 8.84. The predicted molar refractivity (Wildman–Crippen MR) is 46.0 cm³/mol. The van der Waals surface area contributed by atoms with Gasteiger partial charge >= 0.3 is 48.1 Å². The van der Waals surface area contributed by atoms with Crippen LogP contribution in [-0.4, -0.2) is 27.0 Å². The van der Waals surface area contributed by atoms with Crippen LogP contribution in [0.5, 0.6) is 0 Å². The van der Waals surface area contributed by atoms with Gasteiger partial charge in [-0.1, -0.05) is 13.8 Å². The predicted octanol–water partition coefficient (Wildman–Crippen LogP) is 1.33. The van der Waals surface area contributed by atoms with Gasteiger partial charge in [-0.05, 0) is 0 Å². The summed E-state index contributed by atoms with van der Waals surface area (Å²) < 4.78 is 0. The fraction of sp³-hybridized carbons (Fsp3) is 1.00. The van der Waals surface area contributed by atoms with Gasteiger partial charge in [0.1, 0.15) is 0 Å². The first-order valence-electron chi connectivity index (χ1n) is 3.65. The average Bonchev–Trinajstić information content (AvgIpc) is 1.93. The van der Waals surface area contributed by atoms with Crippen LogP contribution in [0.25, 0.3) is 0 Å².